The normalized spacial score (nSPS) is 15.9. The molecule has 0 saturated carbocycles. The number of rotatable bonds is 11. The zero-order chi connectivity index (χ0) is 35.5. The van der Waals surface area contributed by atoms with Crippen molar-refractivity contribution in [3.05, 3.63) is 161 Å². The lowest BCUT2D eigenvalue weighted by Crippen LogP contribution is -2.51. The highest BCUT2D eigenvalue weighted by atomic mass is 16.5. The number of pyridine rings is 1. The van der Waals surface area contributed by atoms with Crippen molar-refractivity contribution in [2.24, 2.45) is 0 Å². The first-order valence-electron chi connectivity index (χ1n) is 16.8. The van der Waals surface area contributed by atoms with Crippen molar-refractivity contribution in [2.75, 3.05) is 17.3 Å². The van der Waals surface area contributed by atoms with Gasteiger partial charge in [-0.25, -0.2) is 9.78 Å². The number of anilines is 2. The summed E-state index contributed by atoms with van der Waals surface area (Å²) in [6, 6.07) is 40.6. The van der Waals surface area contributed by atoms with Crippen LogP contribution in [0.5, 0.6) is 0 Å². The smallest absolute Gasteiger partial charge is 0.342 e. The van der Waals surface area contributed by atoms with Crippen LogP contribution in [-0.2, 0) is 26.3 Å². The molecule has 0 radical (unpaired) electrons. The van der Waals surface area contributed by atoms with E-state index in [1.54, 1.807) is 26.1 Å². The minimum atomic E-state index is -0.796. The lowest BCUT2D eigenvalue weighted by molar-refractivity contribution is -0.131. The van der Waals surface area contributed by atoms with Gasteiger partial charge in [-0.05, 0) is 73.7 Å². The van der Waals surface area contributed by atoms with E-state index < -0.39 is 28.7 Å². The van der Waals surface area contributed by atoms with Crippen LogP contribution >= 0.6 is 0 Å². The highest BCUT2D eigenvalue weighted by molar-refractivity contribution is 6.29. The summed E-state index contributed by atoms with van der Waals surface area (Å²) in [5.74, 6) is -0.997. The number of carbonyl (C=O) groups excluding carboxylic acids is 3. The number of Topliss-reactive ketones (excluding diaryl/α,β-unsaturated/α-hetero) is 1. The molecular formula is C42H42N4O4. The minimum absolute atomic E-state index is 0.0804. The fourth-order valence-corrected chi connectivity index (χ4v) is 7.39. The Balaban J connectivity index is 1.43. The van der Waals surface area contributed by atoms with Crippen LogP contribution in [0.15, 0.2) is 128 Å². The van der Waals surface area contributed by atoms with Crippen molar-refractivity contribution in [3.8, 4) is 0 Å². The number of aldehydes is 1. The molecule has 1 fully saturated rings. The molecule has 6 rings (SSSR count). The first-order chi connectivity index (χ1) is 24.1. The molecule has 1 atom stereocenters. The molecule has 2 N–H and O–H groups in total. The highest BCUT2D eigenvalue weighted by Crippen LogP contribution is 2.46. The van der Waals surface area contributed by atoms with Gasteiger partial charge in [-0.1, -0.05) is 103 Å². The molecule has 0 bridgehead atoms. The van der Waals surface area contributed by atoms with Crippen molar-refractivity contribution in [1.29, 1.82) is 0 Å². The Hall–Kier alpha value is -5.60. The maximum atomic E-state index is 13.4. The molecule has 2 heterocycles. The fraction of sp³-hybridized carbons (Fsp3) is 0.238. The minimum Gasteiger partial charge on any atom is -0.459 e. The maximum absolute atomic E-state index is 13.4. The fourth-order valence-electron chi connectivity index (χ4n) is 7.39. The molecule has 1 saturated heterocycles. The Labute approximate surface area is 293 Å². The number of carbonyl (C=O) groups is 3. The summed E-state index contributed by atoms with van der Waals surface area (Å²) in [5, 5.41) is 0. The second kappa shape index (κ2) is 14.1. The summed E-state index contributed by atoms with van der Waals surface area (Å²) < 4.78 is 5.49. The third kappa shape index (κ3) is 6.18. The van der Waals surface area contributed by atoms with E-state index in [0.717, 1.165) is 27.9 Å². The third-order valence-electron chi connectivity index (χ3n) is 9.73. The first-order valence-corrected chi connectivity index (χ1v) is 16.8. The molecule has 0 aliphatic carbocycles. The molecule has 0 amide bonds. The van der Waals surface area contributed by atoms with Crippen molar-refractivity contribution in [3.63, 3.8) is 0 Å². The second-order valence-electron chi connectivity index (χ2n) is 13.5. The molecule has 8 nitrogen and oxygen atoms in total. The number of hydrogen-bond donors (Lipinski definition) is 1. The van der Waals surface area contributed by atoms with E-state index in [2.05, 4.69) is 94.8 Å². The number of nitrogen functional groups attached to an aromatic ring is 1. The maximum Gasteiger partial charge on any atom is 0.342 e. The predicted octanol–water partition coefficient (Wildman–Crippen LogP) is 6.81. The average Bonchev–Trinajstić information content (AvgIpc) is 3.38. The molecule has 4 aromatic carbocycles. The molecule has 5 aromatic rings. The largest absolute Gasteiger partial charge is 0.459 e. The Morgan fingerprint density at radius 1 is 0.840 bits per heavy atom. The summed E-state index contributed by atoms with van der Waals surface area (Å²) in [5.41, 5.74) is 10.8. The van der Waals surface area contributed by atoms with Gasteiger partial charge >= 0.3 is 5.97 Å². The van der Waals surface area contributed by atoms with Crippen molar-refractivity contribution in [1.82, 2.24) is 9.88 Å². The summed E-state index contributed by atoms with van der Waals surface area (Å²) in [6.07, 6.45) is 1.62. The van der Waals surface area contributed by atoms with E-state index in [0.29, 0.717) is 18.5 Å². The van der Waals surface area contributed by atoms with Gasteiger partial charge in [-0.15, -0.1) is 0 Å². The molecule has 254 valence electrons. The molecule has 50 heavy (non-hydrogen) atoms. The van der Waals surface area contributed by atoms with Gasteiger partial charge in [0.25, 0.3) is 0 Å². The quantitative estimate of drug-likeness (QED) is 0.0710. The molecule has 8 heteroatoms. The van der Waals surface area contributed by atoms with Crippen LogP contribution in [0, 0.1) is 0 Å². The number of aromatic nitrogens is 1. The molecule has 0 spiro atoms. The number of ketones is 1. The van der Waals surface area contributed by atoms with E-state index in [9.17, 15) is 14.4 Å². The van der Waals surface area contributed by atoms with Gasteiger partial charge < -0.3 is 15.4 Å². The van der Waals surface area contributed by atoms with Crippen molar-refractivity contribution >= 4 is 29.5 Å². The van der Waals surface area contributed by atoms with Crippen LogP contribution in [0.2, 0.25) is 0 Å². The van der Waals surface area contributed by atoms with Gasteiger partial charge in [0, 0.05) is 24.0 Å². The Bertz CT molecular complexity index is 1870. The summed E-state index contributed by atoms with van der Waals surface area (Å²) >= 11 is 0. The third-order valence-corrected chi connectivity index (χ3v) is 9.73. The highest BCUT2D eigenvalue weighted by Gasteiger charge is 2.50. The Morgan fingerprint density at radius 3 is 1.82 bits per heavy atom. The van der Waals surface area contributed by atoms with Gasteiger partial charge in [-0.3, -0.25) is 14.5 Å². The van der Waals surface area contributed by atoms with E-state index in [4.69, 9.17) is 10.5 Å². The number of benzene rings is 4. The number of nitrogens with two attached hydrogens (primary N) is 1. The van der Waals surface area contributed by atoms with Crippen LogP contribution in [0.1, 0.15) is 65.9 Å². The number of ether oxygens (including phenoxy) is 1. The molecule has 1 aliphatic heterocycles. The van der Waals surface area contributed by atoms with E-state index >= 15 is 0 Å². The number of hydrogen-bond acceptors (Lipinski definition) is 8. The molecular weight excluding hydrogens is 624 g/mol. The van der Waals surface area contributed by atoms with Crippen LogP contribution in [0.4, 0.5) is 11.5 Å². The van der Waals surface area contributed by atoms with Gasteiger partial charge in [0.1, 0.15) is 17.4 Å². The van der Waals surface area contributed by atoms with Gasteiger partial charge in [0.2, 0.25) is 5.78 Å². The topological polar surface area (TPSA) is 106 Å². The van der Waals surface area contributed by atoms with E-state index in [1.165, 1.54) is 0 Å². The average molecular weight is 667 g/mol. The van der Waals surface area contributed by atoms with Gasteiger partial charge in [0.05, 0.1) is 18.2 Å². The van der Waals surface area contributed by atoms with Crippen LogP contribution in [0.3, 0.4) is 0 Å². The van der Waals surface area contributed by atoms with Crippen LogP contribution in [0.25, 0.3) is 0 Å². The lowest BCUT2D eigenvalue weighted by atomic mass is 9.65. The van der Waals surface area contributed by atoms with Crippen LogP contribution in [-0.4, -0.2) is 52.3 Å². The molecule has 1 aliphatic rings. The second-order valence-corrected chi connectivity index (χ2v) is 13.5. The van der Waals surface area contributed by atoms with E-state index in [1.807, 2.05) is 49.1 Å². The molecule has 1 unspecified atom stereocenters. The first kappa shape index (κ1) is 34.3. The van der Waals surface area contributed by atoms with Crippen LogP contribution < -0.4 is 10.6 Å². The summed E-state index contributed by atoms with van der Waals surface area (Å²) in [7, 11) is 0. The molecule has 1 aromatic heterocycles. The Morgan fingerprint density at radius 2 is 1.34 bits per heavy atom. The van der Waals surface area contributed by atoms with Gasteiger partial charge in [0.15, 0.2) is 6.29 Å². The number of esters is 1. The zero-order valence-electron chi connectivity index (χ0n) is 28.8. The monoisotopic (exact) mass is 666 g/mol. The van der Waals surface area contributed by atoms with Crippen molar-refractivity contribution < 1.29 is 19.1 Å². The Kier molecular flexibility index (Phi) is 9.66. The standard InChI is InChI=1S/C42H42N4O4/c1-29(2)50-40(49)37-30(24-25-44-39(37)43)26-45-28-46(38(36(48)27-47)41(45,3)4)35-22-20-34(21-23-35)42(31-14-8-5-9-15-31,32-16-10-6-11-17-32)33-18-12-7-13-19-33/h5-25,27,29,38H,26,28H2,1-4H3,(H2,43,44). The summed E-state index contributed by atoms with van der Waals surface area (Å²) in [6.45, 7) is 8.02. The summed E-state index contributed by atoms with van der Waals surface area (Å²) in [4.78, 5) is 46.8. The predicted molar refractivity (Wildman–Crippen MR) is 196 cm³/mol. The number of nitrogens with zero attached hydrogens (tertiary/aromatic N) is 3. The van der Waals surface area contributed by atoms with Gasteiger partial charge in [-0.2, -0.15) is 0 Å². The lowest BCUT2D eigenvalue weighted by Gasteiger charge is -2.37. The van der Waals surface area contributed by atoms with E-state index in [-0.39, 0.29) is 24.0 Å². The SMILES string of the molecule is CC(C)OC(=O)c1c(CN2CN(c3ccc(C(c4ccccc4)(c4ccccc4)c4ccccc4)cc3)C(C(=O)C=O)C2(C)C)ccnc1N. The van der Waals surface area contributed by atoms with Crippen molar-refractivity contribution in [2.45, 2.75) is 57.3 Å². The zero-order valence-corrected chi connectivity index (χ0v) is 28.8.